The zero-order valence-electron chi connectivity index (χ0n) is 8.62. The summed E-state index contributed by atoms with van der Waals surface area (Å²) < 4.78 is 0. The van der Waals surface area contributed by atoms with Crippen molar-refractivity contribution in [2.45, 2.75) is 32.2 Å². The number of carbonyl (C=O) groups excluding carboxylic acids is 1. The van der Waals surface area contributed by atoms with Gasteiger partial charge in [0.1, 0.15) is 0 Å². The van der Waals surface area contributed by atoms with Crippen LogP contribution in [0.25, 0.3) is 0 Å². The van der Waals surface area contributed by atoms with E-state index in [-0.39, 0.29) is 11.9 Å². The van der Waals surface area contributed by atoms with Crippen molar-refractivity contribution < 1.29 is 4.79 Å². The number of hydrogen-bond acceptors (Lipinski definition) is 3. The Labute approximate surface area is 84.9 Å². The maximum atomic E-state index is 11.8. The molecule has 0 saturated carbocycles. The number of nitrogens with one attached hydrogen (secondary N) is 1. The van der Waals surface area contributed by atoms with Gasteiger partial charge >= 0.3 is 0 Å². The van der Waals surface area contributed by atoms with Crippen molar-refractivity contribution in [1.82, 2.24) is 10.2 Å². The predicted molar refractivity (Wildman–Crippen MR) is 53.5 cm³/mol. The van der Waals surface area contributed by atoms with Crippen LogP contribution < -0.4 is 5.32 Å². The molecule has 0 spiro atoms. The number of nitrogens with zero attached hydrogens (tertiary/aromatic N) is 2. The number of nitriles is 1. The van der Waals surface area contributed by atoms with E-state index >= 15 is 0 Å². The second-order valence-electron chi connectivity index (χ2n) is 3.47. The largest absolute Gasteiger partial charge is 0.341 e. The maximum Gasteiger partial charge on any atom is 0.239 e. The van der Waals surface area contributed by atoms with E-state index in [0.29, 0.717) is 19.5 Å². The molecular weight excluding hydrogens is 178 g/mol. The standard InChI is InChI=1S/C10H17N3O/c1-2-13(8-4-6-11)10(14)9-5-3-7-12-9/h9,12H,2-5,7-8H2,1H3/t9-/m1/s1. The first-order valence-electron chi connectivity index (χ1n) is 5.18. The van der Waals surface area contributed by atoms with Gasteiger partial charge in [-0.25, -0.2) is 0 Å². The number of rotatable bonds is 4. The molecule has 1 heterocycles. The Balaban J connectivity index is 2.42. The average molecular weight is 195 g/mol. The van der Waals surface area contributed by atoms with Crippen LogP contribution in [0.5, 0.6) is 0 Å². The van der Waals surface area contributed by atoms with Crippen LogP contribution in [0.2, 0.25) is 0 Å². The van der Waals surface area contributed by atoms with Gasteiger partial charge in [-0.05, 0) is 26.3 Å². The molecule has 1 aliphatic heterocycles. The third kappa shape index (κ3) is 2.71. The molecule has 0 aliphatic carbocycles. The molecule has 0 aromatic heterocycles. The second kappa shape index (κ2) is 5.61. The number of hydrogen-bond donors (Lipinski definition) is 1. The van der Waals surface area contributed by atoms with Crippen molar-refractivity contribution in [3.05, 3.63) is 0 Å². The van der Waals surface area contributed by atoms with E-state index in [1.807, 2.05) is 6.92 Å². The third-order valence-electron chi connectivity index (χ3n) is 2.55. The first kappa shape index (κ1) is 11.0. The summed E-state index contributed by atoms with van der Waals surface area (Å²) in [4.78, 5) is 13.6. The van der Waals surface area contributed by atoms with Crippen molar-refractivity contribution >= 4 is 5.91 Å². The molecule has 0 bridgehead atoms. The van der Waals surface area contributed by atoms with Crippen molar-refractivity contribution in [3.63, 3.8) is 0 Å². The van der Waals surface area contributed by atoms with Gasteiger partial charge < -0.3 is 10.2 Å². The summed E-state index contributed by atoms with van der Waals surface area (Å²) >= 11 is 0. The Bertz CT molecular complexity index is 228. The molecule has 0 unspecified atom stereocenters. The van der Waals surface area contributed by atoms with E-state index < -0.39 is 0 Å². The van der Waals surface area contributed by atoms with Gasteiger partial charge in [0, 0.05) is 13.1 Å². The molecule has 4 heteroatoms. The van der Waals surface area contributed by atoms with Gasteiger partial charge in [0.05, 0.1) is 18.5 Å². The summed E-state index contributed by atoms with van der Waals surface area (Å²) in [5, 5.41) is 11.6. The van der Waals surface area contributed by atoms with Crippen LogP contribution in [-0.4, -0.2) is 36.5 Å². The van der Waals surface area contributed by atoms with Crippen molar-refractivity contribution in [2.75, 3.05) is 19.6 Å². The monoisotopic (exact) mass is 195 g/mol. The minimum atomic E-state index is -0.00589. The van der Waals surface area contributed by atoms with E-state index in [4.69, 9.17) is 5.26 Å². The van der Waals surface area contributed by atoms with E-state index in [1.165, 1.54) is 0 Å². The summed E-state index contributed by atoms with van der Waals surface area (Å²) in [5.74, 6) is 0.153. The van der Waals surface area contributed by atoms with Gasteiger partial charge in [-0.2, -0.15) is 5.26 Å². The highest BCUT2D eigenvalue weighted by Gasteiger charge is 2.25. The van der Waals surface area contributed by atoms with Gasteiger partial charge in [0.15, 0.2) is 0 Å². The van der Waals surface area contributed by atoms with Crippen molar-refractivity contribution in [2.24, 2.45) is 0 Å². The summed E-state index contributed by atoms with van der Waals surface area (Å²) in [5.41, 5.74) is 0. The molecule has 14 heavy (non-hydrogen) atoms. The molecule has 1 fully saturated rings. The Morgan fingerprint density at radius 1 is 1.71 bits per heavy atom. The number of carbonyl (C=O) groups is 1. The SMILES string of the molecule is CCN(CCC#N)C(=O)[C@H]1CCCN1. The molecule has 1 amide bonds. The van der Waals surface area contributed by atoms with Gasteiger partial charge in [-0.15, -0.1) is 0 Å². The average Bonchev–Trinajstić information content (AvgIpc) is 2.71. The smallest absolute Gasteiger partial charge is 0.239 e. The Morgan fingerprint density at radius 3 is 3.00 bits per heavy atom. The Hall–Kier alpha value is -1.08. The van der Waals surface area contributed by atoms with Gasteiger partial charge in [0.25, 0.3) is 0 Å². The van der Waals surface area contributed by atoms with Crippen molar-refractivity contribution in [3.8, 4) is 6.07 Å². The van der Waals surface area contributed by atoms with E-state index in [2.05, 4.69) is 11.4 Å². The predicted octanol–water partition coefficient (Wildman–Crippen LogP) is 0.501. The molecule has 4 nitrogen and oxygen atoms in total. The maximum absolute atomic E-state index is 11.8. The minimum Gasteiger partial charge on any atom is -0.341 e. The highest BCUT2D eigenvalue weighted by molar-refractivity contribution is 5.82. The molecule has 1 N–H and O–H groups in total. The first-order chi connectivity index (χ1) is 6.79. The molecule has 0 aromatic carbocycles. The van der Waals surface area contributed by atoms with Gasteiger partial charge in [-0.1, -0.05) is 0 Å². The molecular formula is C10H17N3O. The molecule has 78 valence electrons. The van der Waals surface area contributed by atoms with Crippen LogP contribution in [0.1, 0.15) is 26.2 Å². The quantitative estimate of drug-likeness (QED) is 0.710. The normalized spacial score (nSPS) is 20.4. The lowest BCUT2D eigenvalue weighted by molar-refractivity contribution is -0.132. The van der Waals surface area contributed by atoms with Crippen LogP contribution in [0.3, 0.4) is 0 Å². The first-order valence-corrected chi connectivity index (χ1v) is 5.18. The third-order valence-corrected chi connectivity index (χ3v) is 2.55. The molecule has 0 aromatic rings. The lowest BCUT2D eigenvalue weighted by Crippen LogP contribution is -2.43. The van der Waals surface area contributed by atoms with Crippen LogP contribution in [-0.2, 0) is 4.79 Å². The molecule has 0 radical (unpaired) electrons. The highest BCUT2D eigenvalue weighted by atomic mass is 16.2. The Morgan fingerprint density at radius 2 is 2.50 bits per heavy atom. The summed E-state index contributed by atoms with van der Waals surface area (Å²) in [6, 6.07) is 2.06. The fourth-order valence-electron chi connectivity index (χ4n) is 1.72. The molecule has 1 atom stereocenters. The van der Waals surface area contributed by atoms with Crippen LogP contribution in [0, 0.1) is 11.3 Å². The van der Waals surface area contributed by atoms with Gasteiger partial charge in [-0.3, -0.25) is 4.79 Å². The topological polar surface area (TPSA) is 56.1 Å². The molecule has 1 aliphatic rings. The van der Waals surface area contributed by atoms with Gasteiger partial charge in [0.2, 0.25) is 5.91 Å². The fraction of sp³-hybridized carbons (Fsp3) is 0.800. The fourth-order valence-corrected chi connectivity index (χ4v) is 1.72. The van der Waals surface area contributed by atoms with E-state index in [0.717, 1.165) is 19.4 Å². The zero-order chi connectivity index (χ0) is 10.4. The lowest BCUT2D eigenvalue weighted by atomic mass is 10.2. The zero-order valence-corrected chi connectivity index (χ0v) is 8.62. The summed E-state index contributed by atoms with van der Waals surface area (Å²) in [6.07, 6.45) is 2.43. The van der Waals surface area contributed by atoms with E-state index in [9.17, 15) is 4.79 Å². The second-order valence-corrected chi connectivity index (χ2v) is 3.47. The Kier molecular flexibility index (Phi) is 4.41. The lowest BCUT2D eigenvalue weighted by Gasteiger charge is -2.23. The van der Waals surface area contributed by atoms with Crippen molar-refractivity contribution in [1.29, 1.82) is 5.26 Å². The highest BCUT2D eigenvalue weighted by Crippen LogP contribution is 2.08. The number of amides is 1. The van der Waals surface area contributed by atoms with E-state index in [1.54, 1.807) is 4.90 Å². The minimum absolute atomic E-state index is 0.00589. The van der Waals surface area contributed by atoms with Crippen LogP contribution >= 0.6 is 0 Å². The number of likely N-dealkylation sites (N-methyl/N-ethyl adjacent to an activating group) is 1. The molecule has 1 saturated heterocycles. The molecule has 1 rings (SSSR count). The summed E-state index contributed by atoms with van der Waals surface area (Å²) in [7, 11) is 0. The van der Waals surface area contributed by atoms with Crippen LogP contribution in [0.15, 0.2) is 0 Å². The summed E-state index contributed by atoms with van der Waals surface area (Å²) in [6.45, 7) is 4.14. The van der Waals surface area contributed by atoms with Crippen LogP contribution in [0.4, 0.5) is 0 Å².